The predicted molar refractivity (Wildman–Crippen MR) is 86.2 cm³/mol. The topological polar surface area (TPSA) is 13.7 Å². The van der Waals surface area contributed by atoms with Crippen molar-refractivity contribution in [3.05, 3.63) is 64.6 Å². The van der Waals surface area contributed by atoms with Crippen LogP contribution in [0.15, 0.2) is 59.1 Å². The average Bonchev–Trinajstić information content (AvgIpc) is 2.45. The summed E-state index contributed by atoms with van der Waals surface area (Å²) in [7, 11) is 2.23. The van der Waals surface area contributed by atoms with Crippen LogP contribution in [-0.4, -0.2) is 20.2 Å². The summed E-state index contributed by atoms with van der Waals surface area (Å²) in [4.78, 5) is 1.51. The van der Waals surface area contributed by atoms with Crippen LogP contribution in [0.2, 0.25) is 0 Å². The number of benzene rings is 2. The van der Waals surface area contributed by atoms with Gasteiger partial charge in [-0.3, -0.25) is 0 Å². The molecule has 0 spiro atoms. The van der Waals surface area contributed by atoms with Crippen LogP contribution < -0.4 is 9.64 Å². The molecule has 0 aromatic heterocycles. The molecule has 0 aliphatic carbocycles. The van der Waals surface area contributed by atoms with E-state index in [0.29, 0.717) is 0 Å². The second-order valence-electron chi connectivity index (χ2n) is 5.03. The summed E-state index contributed by atoms with van der Waals surface area (Å²) in [6.45, 7) is 2.95. The average molecular weight is 335 g/mol. The van der Waals surface area contributed by atoms with Crippen LogP contribution in [0.3, 0.4) is 0 Å². The summed E-state index contributed by atoms with van der Waals surface area (Å²) in [5.74, 6) is 0.931. The maximum Gasteiger partial charge on any atom is 0.120 e. The fraction of sp³-hybridized carbons (Fsp3) is 0.294. The SMILES string of the molecule is C[NH+](CCCOc1cccc(Br)c1)Cc1ccccc1. The third kappa shape index (κ3) is 5.35. The van der Waals surface area contributed by atoms with E-state index >= 15 is 0 Å². The summed E-state index contributed by atoms with van der Waals surface area (Å²) in [5.41, 5.74) is 1.39. The Hall–Kier alpha value is -1.32. The fourth-order valence-electron chi connectivity index (χ4n) is 2.15. The van der Waals surface area contributed by atoms with Gasteiger partial charge in [-0.1, -0.05) is 52.3 Å². The molecule has 0 amide bonds. The highest BCUT2D eigenvalue weighted by Gasteiger charge is 2.03. The first kappa shape index (κ1) is 15.1. The zero-order valence-electron chi connectivity index (χ0n) is 11.8. The van der Waals surface area contributed by atoms with E-state index in [1.54, 1.807) is 0 Å². The van der Waals surface area contributed by atoms with Crippen molar-refractivity contribution in [1.29, 1.82) is 0 Å². The first-order valence-corrected chi connectivity index (χ1v) is 7.77. The number of nitrogens with one attached hydrogen (secondary N) is 1. The molecule has 1 N–H and O–H groups in total. The van der Waals surface area contributed by atoms with Crippen LogP contribution in [0, 0.1) is 0 Å². The van der Waals surface area contributed by atoms with Gasteiger partial charge in [0.05, 0.1) is 20.2 Å². The molecule has 0 fully saturated rings. The number of hydrogen-bond donors (Lipinski definition) is 1. The molecule has 106 valence electrons. The lowest BCUT2D eigenvalue weighted by atomic mass is 10.2. The van der Waals surface area contributed by atoms with Crippen molar-refractivity contribution in [2.24, 2.45) is 0 Å². The van der Waals surface area contributed by atoms with Crippen molar-refractivity contribution >= 4 is 15.9 Å². The second kappa shape index (κ2) is 8.08. The molecule has 0 saturated heterocycles. The standard InChI is InChI=1S/C17H20BrNO/c1-19(14-15-7-3-2-4-8-15)11-6-12-20-17-10-5-9-16(18)13-17/h2-5,7-10,13H,6,11-12,14H2,1H3/p+1. The van der Waals surface area contributed by atoms with Crippen LogP contribution >= 0.6 is 15.9 Å². The Kier molecular flexibility index (Phi) is 6.09. The van der Waals surface area contributed by atoms with Gasteiger partial charge in [0.2, 0.25) is 0 Å². The summed E-state index contributed by atoms with van der Waals surface area (Å²) < 4.78 is 6.80. The van der Waals surface area contributed by atoms with E-state index in [4.69, 9.17) is 4.74 Å². The van der Waals surface area contributed by atoms with Crippen molar-refractivity contribution in [2.75, 3.05) is 20.2 Å². The van der Waals surface area contributed by atoms with E-state index in [0.717, 1.165) is 36.3 Å². The minimum atomic E-state index is 0.766. The van der Waals surface area contributed by atoms with Crippen LogP contribution in [-0.2, 0) is 6.54 Å². The van der Waals surface area contributed by atoms with Gasteiger partial charge >= 0.3 is 0 Å². The molecule has 3 heteroatoms. The highest BCUT2D eigenvalue weighted by atomic mass is 79.9. The van der Waals surface area contributed by atoms with Crippen molar-refractivity contribution < 1.29 is 9.64 Å². The summed E-state index contributed by atoms with van der Waals surface area (Å²) in [6, 6.07) is 18.6. The monoisotopic (exact) mass is 334 g/mol. The van der Waals surface area contributed by atoms with Gasteiger partial charge < -0.3 is 9.64 Å². The van der Waals surface area contributed by atoms with Gasteiger partial charge in [0.15, 0.2) is 0 Å². The number of hydrogen-bond acceptors (Lipinski definition) is 1. The number of quaternary nitrogens is 1. The molecule has 0 bridgehead atoms. The van der Waals surface area contributed by atoms with Gasteiger partial charge in [-0.25, -0.2) is 0 Å². The second-order valence-corrected chi connectivity index (χ2v) is 5.94. The quantitative estimate of drug-likeness (QED) is 0.768. The largest absolute Gasteiger partial charge is 0.493 e. The van der Waals surface area contributed by atoms with Gasteiger partial charge in [-0.05, 0) is 18.2 Å². The maximum absolute atomic E-state index is 5.74. The first-order valence-electron chi connectivity index (χ1n) is 6.97. The van der Waals surface area contributed by atoms with Crippen molar-refractivity contribution in [3.8, 4) is 5.75 Å². The molecule has 0 saturated carbocycles. The van der Waals surface area contributed by atoms with Crippen LogP contribution in [0.25, 0.3) is 0 Å². The molecular formula is C17H21BrNO+. The zero-order valence-corrected chi connectivity index (χ0v) is 13.4. The maximum atomic E-state index is 5.74. The number of halogens is 1. The lowest BCUT2D eigenvalue weighted by Crippen LogP contribution is -3.07. The highest BCUT2D eigenvalue weighted by Crippen LogP contribution is 2.17. The smallest absolute Gasteiger partial charge is 0.120 e. The molecule has 2 aromatic rings. The Bertz CT molecular complexity index is 515. The van der Waals surface area contributed by atoms with Crippen LogP contribution in [0.1, 0.15) is 12.0 Å². The Labute approximate surface area is 129 Å². The Morgan fingerprint density at radius 2 is 1.85 bits per heavy atom. The zero-order chi connectivity index (χ0) is 14.2. The fourth-order valence-corrected chi connectivity index (χ4v) is 2.53. The van der Waals surface area contributed by atoms with Crippen molar-refractivity contribution in [3.63, 3.8) is 0 Å². The molecule has 0 aliphatic rings. The Morgan fingerprint density at radius 1 is 1.05 bits per heavy atom. The molecule has 1 unspecified atom stereocenters. The first-order chi connectivity index (χ1) is 9.74. The minimum absolute atomic E-state index is 0.766. The van der Waals surface area contributed by atoms with Gasteiger partial charge in [0, 0.05) is 16.5 Å². The highest BCUT2D eigenvalue weighted by molar-refractivity contribution is 9.10. The summed E-state index contributed by atoms with van der Waals surface area (Å²) in [6.07, 6.45) is 1.06. The van der Waals surface area contributed by atoms with E-state index in [9.17, 15) is 0 Å². The molecule has 1 atom stereocenters. The molecule has 2 aromatic carbocycles. The van der Waals surface area contributed by atoms with Gasteiger partial charge in [0.1, 0.15) is 12.3 Å². The number of rotatable bonds is 7. The molecule has 0 radical (unpaired) electrons. The minimum Gasteiger partial charge on any atom is -0.493 e. The van der Waals surface area contributed by atoms with Crippen LogP contribution in [0.4, 0.5) is 0 Å². The summed E-state index contributed by atoms with van der Waals surface area (Å²) >= 11 is 3.45. The third-order valence-electron chi connectivity index (χ3n) is 3.16. The van der Waals surface area contributed by atoms with Crippen molar-refractivity contribution in [2.45, 2.75) is 13.0 Å². The van der Waals surface area contributed by atoms with Gasteiger partial charge in [-0.15, -0.1) is 0 Å². The van der Waals surface area contributed by atoms with Crippen LogP contribution in [0.5, 0.6) is 5.75 Å². The van der Waals surface area contributed by atoms with Gasteiger partial charge in [-0.2, -0.15) is 0 Å². The Balaban J connectivity index is 1.66. The molecule has 20 heavy (non-hydrogen) atoms. The molecular weight excluding hydrogens is 314 g/mol. The third-order valence-corrected chi connectivity index (χ3v) is 3.65. The molecule has 2 nitrogen and oxygen atoms in total. The molecule has 2 rings (SSSR count). The predicted octanol–water partition coefficient (Wildman–Crippen LogP) is 2.93. The summed E-state index contributed by atoms with van der Waals surface area (Å²) in [5, 5.41) is 0. The Morgan fingerprint density at radius 3 is 2.60 bits per heavy atom. The van der Waals surface area contributed by atoms with Crippen molar-refractivity contribution in [1.82, 2.24) is 0 Å². The van der Waals surface area contributed by atoms with E-state index in [1.165, 1.54) is 10.5 Å². The number of ether oxygens (including phenoxy) is 1. The normalized spacial score (nSPS) is 12.1. The molecule has 0 heterocycles. The van der Waals surface area contributed by atoms with Gasteiger partial charge in [0.25, 0.3) is 0 Å². The van der Waals surface area contributed by atoms with E-state index < -0.39 is 0 Å². The molecule has 0 aliphatic heterocycles. The van der Waals surface area contributed by atoms with E-state index in [1.807, 2.05) is 24.3 Å². The van der Waals surface area contributed by atoms with E-state index in [2.05, 4.69) is 53.3 Å². The van der Waals surface area contributed by atoms with E-state index in [-0.39, 0.29) is 0 Å². The lowest BCUT2D eigenvalue weighted by molar-refractivity contribution is -0.894. The lowest BCUT2D eigenvalue weighted by Gasteiger charge is -2.14.